The normalized spacial score (nSPS) is 21.1. The molecule has 2 atom stereocenters. The molecule has 2 nitrogen and oxygen atoms in total. The second-order valence-corrected chi connectivity index (χ2v) is 4.86. The lowest BCUT2D eigenvalue weighted by atomic mass is 9.82. The van der Waals surface area contributed by atoms with Crippen LogP contribution in [0.15, 0.2) is 24.3 Å². The maximum absolute atomic E-state index is 13.5. The number of hydrogen-bond donors (Lipinski definition) is 2. The van der Waals surface area contributed by atoms with E-state index in [1.807, 2.05) is 0 Å². The van der Waals surface area contributed by atoms with Crippen LogP contribution in [-0.4, -0.2) is 16.3 Å². The maximum Gasteiger partial charge on any atom is 0.129 e. The highest BCUT2D eigenvalue weighted by Crippen LogP contribution is 2.32. The van der Waals surface area contributed by atoms with E-state index >= 15 is 0 Å². The molecule has 1 fully saturated rings. The molecule has 1 aliphatic rings. The third kappa shape index (κ3) is 2.85. The first kappa shape index (κ1) is 12.5. The Morgan fingerprint density at radius 3 is 2.35 bits per heavy atom. The van der Waals surface area contributed by atoms with Crippen molar-refractivity contribution in [3.05, 3.63) is 35.6 Å². The number of benzene rings is 1. The molecule has 1 aromatic carbocycles. The molecule has 2 unspecified atom stereocenters. The van der Waals surface area contributed by atoms with Crippen LogP contribution < -0.4 is 0 Å². The molecule has 0 radical (unpaired) electrons. The molecule has 0 aromatic heterocycles. The quantitative estimate of drug-likeness (QED) is 0.850. The summed E-state index contributed by atoms with van der Waals surface area (Å²) in [5.41, 5.74) is 0.200. The summed E-state index contributed by atoms with van der Waals surface area (Å²) in [6.45, 7) is 0. The third-order valence-corrected chi connectivity index (χ3v) is 3.68. The summed E-state index contributed by atoms with van der Waals surface area (Å²) in [5, 5.41) is 20.1. The Hall–Kier alpha value is -0.930. The zero-order valence-electron chi connectivity index (χ0n) is 9.85. The van der Waals surface area contributed by atoms with Gasteiger partial charge in [0.2, 0.25) is 0 Å². The van der Waals surface area contributed by atoms with Crippen molar-refractivity contribution in [2.45, 2.75) is 44.3 Å². The summed E-state index contributed by atoms with van der Waals surface area (Å²) < 4.78 is 13.5. The van der Waals surface area contributed by atoms with Crippen molar-refractivity contribution in [1.29, 1.82) is 0 Å². The molecule has 94 valence electrons. The van der Waals surface area contributed by atoms with Crippen LogP contribution in [0.4, 0.5) is 4.39 Å². The predicted molar refractivity (Wildman–Crippen MR) is 63.9 cm³/mol. The van der Waals surface area contributed by atoms with Gasteiger partial charge in [0.25, 0.3) is 0 Å². The number of halogens is 1. The van der Waals surface area contributed by atoms with Crippen LogP contribution in [0.5, 0.6) is 0 Å². The van der Waals surface area contributed by atoms with Gasteiger partial charge in [-0.25, -0.2) is 4.39 Å². The first-order valence-electron chi connectivity index (χ1n) is 6.30. The minimum atomic E-state index is -1.11. The molecular weight excluding hydrogens is 219 g/mol. The van der Waals surface area contributed by atoms with Crippen molar-refractivity contribution >= 4 is 0 Å². The van der Waals surface area contributed by atoms with Gasteiger partial charge in [0.05, 0.1) is 6.10 Å². The Labute approximate surface area is 101 Å². The molecule has 1 aliphatic carbocycles. The summed E-state index contributed by atoms with van der Waals surface area (Å²) in [6, 6.07) is 6.10. The Balaban J connectivity index is 2.08. The highest BCUT2D eigenvalue weighted by molar-refractivity contribution is 5.20. The predicted octanol–water partition coefficient (Wildman–Crippen LogP) is 2.80. The molecule has 0 saturated heterocycles. The SMILES string of the molecule is OC(c1ccccc1F)C(O)C1CCCCC1. The monoisotopic (exact) mass is 238 g/mol. The summed E-state index contributed by atoms with van der Waals surface area (Å²) in [5.74, 6) is -0.354. The average molecular weight is 238 g/mol. The van der Waals surface area contributed by atoms with E-state index in [0.29, 0.717) is 0 Å². The second-order valence-electron chi connectivity index (χ2n) is 4.86. The molecule has 1 saturated carbocycles. The molecular formula is C14H19FO2. The van der Waals surface area contributed by atoms with Crippen LogP contribution in [0.3, 0.4) is 0 Å². The molecule has 0 aliphatic heterocycles. The van der Waals surface area contributed by atoms with Gasteiger partial charge in [-0.1, -0.05) is 37.5 Å². The summed E-state index contributed by atoms with van der Waals surface area (Å²) in [6.07, 6.45) is 3.25. The minimum Gasteiger partial charge on any atom is -0.390 e. The fourth-order valence-corrected chi connectivity index (χ4v) is 2.63. The minimum absolute atomic E-state index is 0.0957. The first-order chi connectivity index (χ1) is 8.20. The Kier molecular flexibility index (Phi) is 4.13. The van der Waals surface area contributed by atoms with Gasteiger partial charge in [-0.05, 0) is 24.8 Å². The van der Waals surface area contributed by atoms with E-state index in [1.54, 1.807) is 12.1 Å². The Morgan fingerprint density at radius 2 is 1.71 bits per heavy atom. The zero-order chi connectivity index (χ0) is 12.3. The van der Waals surface area contributed by atoms with Crippen molar-refractivity contribution < 1.29 is 14.6 Å². The number of aliphatic hydroxyl groups is 2. The van der Waals surface area contributed by atoms with Gasteiger partial charge in [-0.15, -0.1) is 0 Å². The highest BCUT2D eigenvalue weighted by Gasteiger charge is 2.29. The third-order valence-electron chi connectivity index (χ3n) is 3.68. The molecule has 0 spiro atoms. The standard InChI is InChI=1S/C14H19FO2/c15-12-9-5-4-8-11(12)14(17)13(16)10-6-2-1-3-7-10/h4-5,8-10,13-14,16-17H,1-3,6-7H2. The molecule has 2 rings (SSSR count). The molecule has 3 heteroatoms. The lowest BCUT2D eigenvalue weighted by molar-refractivity contribution is -0.0301. The van der Waals surface area contributed by atoms with Crippen LogP contribution in [0.1, 0.15) is 43.8 Å². The maximum atomic E-state index is 13.5. The van der Waals surface area contributed by atoms with Crippen molar-refractivity contribution in [2.24, 2.45) is 5.92 Å². The largest absolute Gasteiger partial charge is 0.390 e. The topological polar surface area (TPSA) is 40.5 Å². The van der Waals surface area contributed by atoms with Gasteiger partial charge < -0.3 is 10.2 Å². The van der Waals surface area contributed by atoms with E-state index in [1.165, 1.54) is 18.6 Å². The van der Waals surface area contributed by atoms with Crippen LogP contribution in [0.2, 0.25) is 0 Å². The molecule has 0 bridgehead atoms. The second kappa shape index (κ2) is 5.61. The highest BCUT2D eigenvalue weighted by atomic mass is 19.1. The Bertz CT molecular complexity index is 361. The molecule has 2 N–H and O–H groups in total. The number of aliphatic hydroxyl groups excluding tert-OH is 2. The smallest absolute Gasteiger partial charge is 0.129 e. The molecule has 0 heterocycles. The average Bonchev–Trinajstić information content (AvgIpc) is 2.39. The van der Waals surface area contributed by atoms with E-state index in [-0.39, 0.29) is 11.5 Å². The van der Waals surface area contributed by atoms with Crippen molar-refractivity contribution in [2.75, 3.05) is 0 Å². The van der Waals surface area contributed by atoms with Gasteiger partial charge in [0, 0.05) is 5.56 Å². The van der Waals surface area contributed by atoms with E-state index in [2.05, 4.69) is 0 Å². The Morgan fingerprint density at radius 1 is 1.06 bits per heavy atom. The van der Waals surface area contributed by atoms with E-state index < -0.39 is 18.0 Å². The fraction of sp³-hybridized carbons (Fsp3) is 0.571. The van der Waals surface area contributed by atoms with Crippen LogP contribution in [-0.2, 0) is 0 Å². The van der Waals surface area contributed by atoms with Gasteiger partial charge in [-0.2, -0.15) is 0 Å². The van der Waals surface area contributed by atoms with Crippen LogP contribution in [0.25, 0.3) is 0 Å². The van der Waals surface area contributed by atoms with Crippen molar-refractivity contribution in [1.82, 2.24) is 0 Å². The van der Waals surface area contributed by atoms with Gasteiger partial charge >= 0.3 is 0 Å². The van der Waals surface area contributed by atoms with E-state index in [9.17, 15) is 14.6 Å². The van der Waals surface area contributed by atoms with Crippen LogP contribution >= 0.6 is 0 Å². The fourth-order valence-electron chi connectivity index (χ4n) is 2.63. The number of hydrogen-bond acceptors (Lipinski definition) is 2. The summed E-state index contributed by atoms with van der Waals surface area (Å²) >= 11 is 0. The zero-order valence-corrected chi connectivity index (χ0v) is 9.85. The lowest BCUT2D eigenvalue weighted by Crippen LogP contribution is -2.29. The molecule has 17 heavy (non-hydrogen) atoms. The van der Waals surface area contributed by atoms with Gasteiger partial charge in [-0.3, -0.25) is 0 Å². The van der Waals surface area contributed by atoms with Crippen molar-refractivity contribution in [3.8, 4) is 0 Å². The van der Waals surface area contributed by atoms with Gasteiger partial charge in [0.1, 0.15) is 11.9 Å². The lowest BCUT2D eigenvalue weighted by Gasteiger charge is -2.30. The molecule has 0 amide bonds. The van der Waals surface area contributed by atoms with Crippen molar-refractivity contribution in [3.63, 3.8) is 0 Å². The number of rotatable bonds is 3. The van der Waals surface area contributed by atoms with Gasteiger partial charge in [0.15, 0.2) is 0 Å². The van der Waals surface area contributed by atoms with E-state index in [4.69, 9.17) is 0 Å². The van der Waals surface area contributed by atoms with E-state index in [0.717, 1.165) is 25.7 Å². The summed E-state index contributed by atoms with van der Waals surface area (Å²) in [4.78, 5) is 0. The molecule has 1 aromatic rings. The summed E-state index contributed by atoms with van der Waals surface area (Å²) in [7, 11) is 0. The first-order valence-corrected chi connectivity index (χ1v) is 6.30. The van der Waals surface area contributed by atoms with Crippen LogP contribution in [0, 0.1) is 11.7 Å².